The zero-order chi connectivity index (χ0) is 10.6. The van der Waals surface area contributed by atoms with Crippen LogP contribution in [0.25, 0.3) is 0 Å². The minimum Gasteiger partial charge on any atom is -0.388 e. The number of hydrogen-bond acceptors (Lipinski definition) is 5. The minimum absolute atomic E-state index is 0.707. The Balaban J connectivity index is 3.95. The van der Waals surface area contributed by atoms with Crippen LogP contribution in [0.15, 0.2) is 0 Å². The molecule has 0 fully saturated rings. The van der Waals surface area contributed by atoms with Crippen LogP contribution in [0.2, 0.25) is 0 Å². The molecule has 0 spiro atoms. The normalized spacial score (nSPS) is 16.7. The number of carbonyl (C=O) groups excluding carboxylic acids is 1. The van der Waals surface area contributed by atoms with Crippen LogP contribution in [0, 0.1) is 0 Å². The molecule has 0 unspecified atom stereocenters. The van der Waals surface area contributed by atoms with E-state index in [1.165, 1.54) is 0 Å². The number of aliphatic hydroxyl groups is 2. The lowest BCUT2D eigenvalue weighted by Gasteiger charge is -2.15. The minimum atomic E-state index is -4.67. The van der Waals surface area contributed by atoms with Gasteiger partial charge in [-0.25, -0.2) is 4.57 Å². The third-order valence-electron chi connectivity index (χ3n) is 1.19. The van der Waals surface area contributed by atoms with E-state index in [2.05, 4.69) is 4.52 Å². The van der Waals surface area contributed by atoms with Gasteiger partial charge in [-0.1, -0.05) is 0 Å². The van der Waals surface area contributed by atoms with Gasteiger partial charge in [-0.05, 0) is 6.92 Å². The number of hydrogen-bond donors (Lipinski definition) is 4. The fraction of sp³-hybridized carbons (Fsp3) is 0.800. The summed E-state index contributed by atoms with van der Waals surface area (Å²) in [4.78, 5) is 26.8. The Kier molecular flexibility index (Phi) is 4.69. The molecule has 0 saturated heterocycles. The Morgan fingerprint density at radius 3 is 2.23 bits per heavy atom. The quantitative estimate of drug-likeness (QED) is 0.406. The fourth-order valence-corrected chi connectivity index (χ4v) is 0.882. The number of rotatable bonds is 5. The molecular formula is C5H11O7P. The van der Waals surface area contributed by atoms with Gasteiger partial charge in [0.25, 0.3) is 0 Å². The number of carbonyl (C=O) groups is 1. The molecule has 0 aliphatic carbocycles. The van der Waals surface area contributed by atoms with Gasteiger partial charge in [0.2, 0.25) is 0 Å². The van der Waals surface area contributed by atoms with Gasteiger partial charge in [0.15, 0.2) is 5.78 Å². The molecule has 0 bridgehead atoms. The lowest BCUT2D eigenvalue weighted by molar-refractivity contribution is -0.132. The van der Waals surface area contributed by atoms with Gasteiger partial charge in [0, 0.05) is 0 Å². The van der Waals surface area contributed by atoms with E-state index in [-0.39, 0.29) is 0 Å². The predicted molar refractivity (Wildman–Crippen MR) is 40.7 cm³/mol. The van der Waals surface area contributed by atoms with Crippen molar-refractivity contribution in [2.45, 2.75) is 19.1 Å². The van der Waals surface area contributed by atoms with Gasteiger partial charge in [-0.2, -0.15) is 0 Å². The Bertz CT molecular complexity index is 221. The Labute approximate surface area is 74.2 Å². The van der Waals surface area contributed by atoms with Crippen LogP contribution in [0.5, 0.6) is 0 Å². The van der Waals surface area contributed by atoms with Crippen LogP contribution < -0.4 is 0 Å². The average molecular weight is 214 g/mol. The monoisotopic (exact) mass is 214 g/mol. The van der Waals surface area contributed by atoms with Crippen molar-refractivity contribution in [2.24, 2.45) is 0 Å². The second-order valence-electron chi connectivity index (χ2n) is 2.41. The largest absolute Gasteiger partial charge is 0.469 e. The molecular weight excluding hydrogens is 203 g/mol. The Hall–Kier alpha value is -0.300. The summed E-state index contributed by atoms with van der Waals surface area (Å²) in [5.41, 5.74) is 0. The van der Waals surface area contributed by atoms with E-state index in [0.29, 0.717) is 0 Å². The summed E-state index contributed by atoms with van der Waals surface area (Å²) < 4.78 is 14.0. The maximum Gasteiger partial charge on any atom is 0.469 e. The Morgan fingerprint density at radius 1 is 1.46 bits per heavy atom. The first-order chi connectivity index (χ1) is 5.74. The molecule has 0 rings (SSSR count). The van der Waals surface area contributed by atoms with E-state index in [1.807, 2.05) is 0 Å². The van der Waals surface area contributed by atoms with Crippen LogP contribution in [0.4, 0.5) is 0 Å². The highest BCUT2D eigenvalue weighted by Gasteiger charge is 2.24. The van der Waals surface area contributed by atoms with E-state index in [4.69, 9.17) is 20.0 Å². The molecule has 0 aliphatic rings. The summed E-state index contributed by atoms with van der Waals surface area (Å²) in [7, 11) is -4.67. The van der Waals surface area contributed by atoms with Gasteiger partial charge in [0.05, 0.1) is 6.61 Å². The Morgan fingerprint density at radius 2 is 1.92 bits per heavy atom. The van der Waals surface area contributed by atoms with Gasteiger partial charge >= 0.3 is 7.82 Å². The first kappa shape index (κ1) is 12.7. The van der Waals surface area contributed by atoms with E-state index in [9.17, 15) is 9.36 Å². The maximum atomic E-state index is 10.5. The van der Waals surface area contributed by atoms with Crippen LogP contribution in [0.1, 0.15) is 6.92 Å². The third kappa shape index (κ3) is 5.87. The molecule has 0 heterocycles. The summed E-state index contributed by atoms with van der Waals surface area (Å²) in [6, 6.07) is 0. The van der Waals surface area contributed by atoms with Gasteiger partial charge in [0.1, 0.15) is 12.2 Å². The molecule has 13 heavy (non-hydrogen) atoms. The van der Waals surface area contributed by atoms with Crippen LogP contribution in [-0.2, 0) is 13.9 Å². The smallest absolute Gasteiger partial charge is 0.388 e. The number of phosphoric acid groups is 1. The zero-order valence-electron chi connectivity index (χ0n) is 6.82. The average Bonchev–Trinajstić information content (AvgIpc) is 1.97. The van der Waals surface area contributed by atoms with E-state index >= 15 is 0 Å². The second-order valence-corrected chi connectivity index (χ2v) is 3.65. The molecule has 4 N–H and O–H groups in total. The van der Waals surface area contributed by atoms with Crippen molar-refractivity contribution in [1.82, 2.24) is 0 Å². The molecule has 0 amide bonds. The molecule has 2 atom stereocenters. The number of Topliss-reactive ketones (excluding diaryl/α,β-unsaturated/α-hetero) is 1. The lowest BCUT2D eigenvalue weighted by atomic mass is 10.1. The number of aliphatic hydroxyl groups excluding tert-OH is 2. The van der Waals surface area contributed by atoms with Gasteiger partial charge in [-0.3, -0.25) is 9.32 Å². The summed E-state index contributed by atoms with van der Waals surface area (Å²) >= 11 is 0. The SMILES string of the molecule is CC(=O)[C@H](O)[C@H](O)COP(=O)(O)O. The molecule has 8 heteroatoms. The molecule has 7 nitrogen and oxygen atoms in total. The van der Waals surface area contributed by atoms with Crippen molar-refractivity contribution >= 4 is 13.6 Å². The van der Waals surface area contributed by atoms with Crippen molar-refractivity contribution in [3.63, 3.8) is 0 Å². The van der Waals surface area contributed by atoms with Crippen molar-refractivity contribution in [2.75, 3.05) is 6.61 Å². The highest BCUT2D eigenvalue weighted by Crippen LogP contribution is 2.35. The molecule has 0 aliphatic heterocycles. The van der Waals surface area contributed by atoms with Crippen molar-refractivity contribution in [3.8, 4) is 0 Å². The molecule has 0 aromatic rings. The number of phosphoric ester groups is 1. The molecule has 0 aromatic carbocycles. The van der Waals surface area contributed by atoms with Crippen LogP contribution in [0.3, 0.4) is 0 Å². The summed E-state index contributed by atoms with van der Waals surface area (Å²) in [5, 5.41) is 17.8. The van der Waals surface area contributed by atoms with E-state index in [0.717, 1.165) is 6.92 Å². The second kappa shape index (κ2) is 4.80. The number of ketones is 1. The van der Waals surface area contributed by atoms with E-state index in [1.54, 1.807) is 0 Å². The molecule has 0 saturated carbocycles. The summed E-state index contributed by atoms with van der Waals surface area (Å²) in [6.07, 6.45) is -3.32. The van der Waals surface area contributed by atoms with Crippen molar-refractivity contribution in [1.29, 1.82) is 0 Å². The maximum absolute atomic E-state index is 10.5. The van der Waals surface area contributed by atoms with E-state index < -0.39 is 32.4 Å². The van der Waals surface area contributed by atoms with Crippen LogP contribution in [-0.4, -0.2) is 44.6 Å². The highest BCUT2D eigenvalue weighted by molar-refractivity contribution is 7.46. The lowest BCUT2D eigenvalue weighted by Crippen LogP contribution is -2.35. The highest BCUT2D eigenvalue weighted by atomic mass is 31.2. The third-order valence-corrected chi connectivity index (χ3v) is 1.68. The first-order valence-electron chi connectivity index (χ1n) is 3.30. The standard InChI is InChI=1S/C5H11O7P/c1-3(6)5(8)4(7)2-12-13(9,10)11/h4-5,7-8H,2H2,1H3,(H2,9,10,11)/t4-,5+/m1/s1. The topological polar surface area (TPSA) is 124 Å². The van der Waals surface area contributed by atoms with Gasteiger partial charge < -0.3 is 20.0 Å². The molecule has 78 valence electrons. The van der Waals surface area contributed by atoms with Crippen molar-refractivity contribution < 1.29 is 33.9 Å². The van der Waals surface area contributed by atoms with Crippen LogP contribution >= 0.6 is 7.82 Å². The van der Waals surface area contributed by atoms with Crippen molar-refractivity contribution in [3.05, 3.63) is 0 Å². The molecule has 0 radical (unpaired) electrons. The summed E-state index contributed by atoms with van der Waals surface area (Å²) in [6.45, 7) is 0.233. The summed E-state index contributed by atoms with van der Waals surface area (Å²) in [5.74, 6) is -0.707. The first-order valence-corrected chi connectivity index (χ1v) is 4.83. The zero-order valence-corrected chi connectivity index (χ0v) is 7.72. The van der Waals surface area contributed by atoms with Gasteiger partial charge in [-0.15, -0.1) is 0 Å². The molecule has 0 aromatic heterocycles. The fourth-order valence-electron chi connectivity index (χ4n) is 0.536. The predicted octanol–water partition coefficient (Wildman–Crippen LogP) is -1.59.